The van der Waals surface area contributed by atoms with E-state index in [4.69, 9.17) is 9.73 Å². The fraction of sp³-hybridized carbons (Fsp3) is 0.200. The van der Waals surface area contributed by atoms with Crippen LogP contribution in [0.25, 0.3) is 27.0 Å². The topological polar surface area (TPSA) is 184 Å². The molecule has 7 aromatic rings. The smallest absolute Gasteiger partial charge is 0.308 e. The van der Waals surface area contributed by atoms with Crippen molar-refractivity contribution in [1.29, 1.82) is 5.26 Å². The number of aromatic nitrogens is 4. The molecule has 15 heteroatoms. The van der Waals surface area contributed by atoms with Crippen LogP contribution in [-0.4, -0.2) is 52.9 Å². The SMILES string of the molecule is COC(=O)C[C@@H]1N=C(c2ccc(-c3ccc(C(=O)N[C@H](C)c4ccc(S(=O)(=O)Nc5ccc(C)c6c(C#N)c[nH]c56)cc4)cc3)cc2)c2c(sc(C)c2C)-n2c(C)nnc21. The van der Waals surface area contributed by atoms with Crippen molar-refractivity contribution in [1.82, 2.24) is 25.1 Å². The monoisotopic (exact) mass is 836 g/mol. The lowest BCUT2D eigenvalue weighted by Crippen LogP contribution is -2.26. The number of amides is 1. The minimum absolute atomic E-state index is 0.0237. The van der Waals surface area contributed by atoms with Gasteiger partial charge in [0.15, 0.2) is 5.82 Å². The molecule has 1 aliphatic heterocycles. The Balaban J connectivity index is 0.961. The van der Waals surface area contributed by atoms with Gasteiger partial charge in [-0.2, -0.15) is 5.26 Å². The Bertz CT molecular complexity index is 3010. The number of nitrogens with zero attached hydrogens (tertiary/aromatic N) is 5. The number of carbonyl (C=O) groups excluding carboxylic acids is 2. The van der Waals surface area contributed by atoms with Gasteiger partial charge in [0.25, 0.3) is 15.9 Å². The maximum Gasteiger partial charge on any atom is 0.308 e. The first kappa shape index (κ1) is 39.9. The number of nitriles is 1. The van der Waals surface area contributed by atoms with E-state index in [1.807, 2.05) is 61.7 Å². The van der Waals surface area contributed by atoms with Gasteiger partial charge in [0.05, 0.1) is 46.9 Å². The molecule has 8 rings (SSSR count). The third-order valence-corrected chi connectivity index (χ3v) is 13.5. The van der Waals surface area contributed by atoms with Crippen molar-refractivity contribution in [2.45, 2.75) is 58.0 Å². The lowest BCUT2D eigenvalue weighted by molar-refractivity contribution is -0.141. The molecule has 3 aromatic heterocycles. The number of rotatable bonds is 10. The molecule has 0 bridgehead atoms. The van der Waals surface area contributed by atoms with Gasteiger partial charge in [-0.3, -0.25) is 23.9 Å². The van der Waals surface area contributed by atoms with Crippen LogP contribution in [-0.2, 0) is 19.6 Å². The van der Waals surface area contributed by atoms with E-state index in [2.05, 4.69) is 45.1 Å². The highest BCUT2D eigenvalue weighted by Gasteiger charge is 2.32. The second-order valence-corrected chi connectivity index (χ2v) is 17.6. The molecule has 0 unspecified atom stereocenters. The Kier molecular flexibility index (Phi) is 10.4. The molecule has 0 aliphatic carbocycles. The van der Waals surface area contributed by atoms with E-state index < -0.39 is 22.1 Å². The summed E-state index contributed by atoms with van der Waals surface area (Å²) in [6.07, 6.45) is 1.58. The molecule has 0 saturated carbocycles. The summed E-state index contributed by atoms with van der Waals surface area (Å²) in [6, 6.07) is 26.3. The molecule has 302 valence electrons. The Labute approximate surface area is 350 Å². The van der Waals surface area contributed by atoms with Crippen molar-refractivity contribution in [3.05, 3.63) is 147 Å². The van der Waals surface area contributed by atoms with Gasteiger partial charge in [-0.15, -0.1) is 21.5 Å². The van der Waals surface area contributed by atoms with Gasteiger partial charge in [-0.1, -0.05) is 54.6 Å². The van der Waals surface area contributed by atoms with Gasteiger partial charge in [0, 0.05) is 33.2 Å². The number of carbonyl (C=O) groups is 2. The Hall–Kier alpha value is -6.89. The molecular formula is C45H40N8O5S2. The number of aromatic amines is 1. The van der Waals surface area contributed by atoms with Crippen molar-refractivity contribution in [3.63, 3.8) is 0 Å². The number of fused-ring (bicyclic) bond motifs is 4. The van der Waals surface area contributed by atoms with Crippen LogP contribution in [0.1, 0.15) is 85.7 Å². The molecule has 2 atom stereocenters. The van der Waals surface area contributed by atoms with Crippen molar-refractivity contribution in [2.24, 2.45) is 4.99 Å². The lowest BCUT2D eigenvalue weighted by atomic mass is 9.96. The number of esters is 1. The summed E-state index contributed by atoms with van der Waals surface area (Å²) < 4.78 is 36.4. The van der Waals surface area contributed by atoms with Gasteiger partial charge in [0.1, 0.15) is 22.9 Å². The van der Waals surface area contributed by atoms with Gasteiger partial charge in [0.2, 0.25) is 0 Å². The molecular weight excluding hydrogens is 797 g/mol. The second kappa shape index (κ2) is 15.7. The molecule has 0 saturated heterocycles. The average Bonchev–Trinajstić information content (AvgIpc) is 3.92. The maximum atomic E-state index is 13.3. The number of anilines is 1. The third kappa shape index (κ3) is 7.24. The molecule has 1 aliphatic rings. The summed E-state index contributed by atoms with van der Waals surface area (Å²) in [5, 5.41) is 22.9. The quantitative estimate of drug-likeness (QED) is 0.115. The average molecular weight is 837 g/mol. The van der Waals surface area contributed by atoms with Gasteiger partial charge in [-0.05, 0) is 92.8 Å². The number of aliphatic imine (C=N–C) groups is 1. The fourth-order valence-corrected chi connectivity index (χ4v) is 9.78. The largest absolute Gasteiger partial charge is 0.469 e. The van der Waals surface area contributed by atoms with Gasteiger partial charge >= 0.3 is 5.97 Å². The summed E-state index contributed by atoms with van der Waals surface area (Å²) in [7, 11) is -2.59. The van der Waals surface area contributed by atoms with Crippen molar-refractivity contribution in [2.75, 3.05) is 11.8 Å². The first-order chi connectivity index (χ1) is 28.8. The normalized spacial score (nSPS) is 14.0. The summed E-state index contributed by atoms with van der Waals surface area (Å²) >= 11 is 1.65. The van der Waals surface area contributed by atoms with Crippen LogP contribution in [0.5, 0.6) is 0 Å². The minimum Gasteiger partial charge on any atom is -0.469 e. The van der Waals surface area contributed by atoms with Crippen molar-refractivity contribution in [3.8, 4) is 22.2 Å². The maximum absolute atomic E-state index is 13.3. The first-order valence-electron chi connectivity index (χ1n) is 19.1. The highest BCUT2D eigenvalue weighted by molar-refractivity contribution is 7.92. The molecule has 3 N–H and O–H groups in total. The molecule has 0 radical (unpaired) electrons. The molecule has 4 aromatic carbocycles. The molecule has 1 amide bonds. The number of hydrogen-bond donors (Lipinski definition) is 3. The second-order valence-electron chi connectivity index (χ2n) is 14.7. The molecule has 0 spiro atoms. The zero-order valence-electron chi connectivity index (χ0n) is 33.6. The zero-order valence-corrected chi connectivity index (χ0v) is 35.2. The predicted octanol–water partition coefficient (Wildman–Crippen LogP) is 8.33. The minimum atomic E-state index is -3.96. The molecule has 4 heterocycles. The van der Waals surface area contributed by atoms with Gasteiger partial charge in [-0.25, -0.2) is 8.42 Å². The van der Waals surface area contributed by atoms with Crippen LogP contribution in [0.3, 0.4) is 0 Å². The number of benzene rings is 4. The summed E-state index contributed by atoms with van der Waals surface area (Å²) in [5.41, 5.74) is 8.97. The van der Waals surface area contributed by atoms with Crippen LogP contribution < -0.4 is 10.0 Å². The molecule has 60 heavy (non-hydrogen) atoms. The van der Waals surface area contributed by atoms with E-state index >= 15 is 0 Å². The van der Waals surface area contributed by atoms with Crippen LogP contribution in [0, 0.1) is 39.0 Å². The highest BCUT2D eigenvalue weighted by atomic mass is 32.2. The van der Waals surface area contributed by atoms with E-state index in [-0.39, 0.29) is 23.2 Å². The third-order valence-electron chi connectivity index (χ3n) is 10.9. The number of nitrogens with one attached hydrogen (secondary N) is 3. The fourth-order valence-electron chi connectivity index (χ4n) is 7.50. The Morgan fingerprint density at radius 1 is 0.933 bits per heavy atom. The number of methoxy groups -OCH3 is 1. The lowest BCUT2D eigenvalue weighted by Gasteiger charge is -2.16. The number of ether oxygens (including phenoxy) is 1. The number of hydrogen-bond acceptors (Lipinski definition) is 10. The Morgan fingerprint density at radius 2 is 1.60 bits per heavy atom. The summed E-state index contributed by atoms with van der Waals surface area (Å²) in [5.74, 6) is 0.649. The summed E-state index contributed by atoms with van der Waals surface area (Å²) in [6.45, 7) is 9.75. The highest BCUT2D eigenvalue weighted by Crippen LogP contribution is 2.40. The number of sulfonamides is 1. The van der Waals surface area contributed by atoms with E-state index in [1.165, 1.54) is 19.2 Å². The Morgan fingerprint density at radius 3 is 2.27 bits per heavy atom. The van der Waals surface area contributed by atoms with Crippen molar-refractivity contribution < 1.29 is 22.7 Å². The van der Waals surface area contributed by atoms with E-state index in [0.717, 1.165) is 54.5 Å². The van der Waals surface area contributed by atoms with E-state index in [0.29, 0.717) is 39.4 Å². The van der Waals surface area contributed by atoms with Crippen molar-refractivity contribution >= 4 is 55.5 Å². The van der Waals surface area contributed by atoms with E-state index in [9.17, 15) is 23.3 Å². The number of H-pyrrole nitrogens is 1. The first-order valence-corrected chi connectivity index (χ1v) is 21.4. The zero-order chi connectivity index (χ0) is 42.5. The molecule has 13 nitrogen and oxygen atoms in total. The van der Waals surface area contributed by atoms with Crippen LogP contribution in [0.2, 0.25) is 0 Å². The molecule has 0 fully saturated rings. The number of thiophene rings is 1. The number of aryl methyl sites for hydroxylation is 3. The van der Waals surface area contributed by atoms with Gasteiger partial charge < -0.3 is 15.0 Å². The van der Waals surface area contributed by atoms with E-state index in [1.54, 1.807) is 53.9 Å². The van der Waals surface area contributed by atoms with Crippen LogP contribution >= 0.6 is 11.3 Å². The van der Waals surface area contributed by atoms with Crippen LogP contribution in [0.4, 0.5) is 5.69 Å². The predicted molar refractivity (Wildman–Crippen MR) is 231 cm³/mol. The standard InChI is InChI=1S/C45H40N8O5S2/c1-24-7-20-36(42-39(24)34(22-46)23-47-42)52-60(56,57)35-18-16-29(17-19-35)26(3)48-44(55)33-14-10-31(11-15-33)30-8-12-32(13-9-30)41-40-25(2)27(4)59-45(40)53-28(5)50-51-43(53)37(49-41)21-38(54)58-6/h7-20,23,26,37,47,52H,21H2,1-6H3,(H,48,55)/t26-,37+/m1/s1. The summed E-state index contributed by atoms with van der Waals surface area (Å²) in [4.78, 5) is 35.2. The van der Waals surface area contributed by atoms with Crippen LogP contribution in [0.15, 0.2) is 101 Å².